The van der Waals surface area contributed by atoms with Gasteiger partial charge in [0.2, 0.25) is 0 Å². The average molecular weight is 176 g/mol. The van der Waals surface area contributed by atoms with Crippen LogP contribution in [-0.2, 0) is 14.4 Å². The van der Waals surface area contributed by atoms with Crippen LogP contribution < -0.4 is 0 Å². The molecule has 0 saturated carbocycles. The zero-order chi connectivity index (χ0) is 10.1. The number of rotatable bonds is 2. The van der Waals surface area contributed by atoms with E-state index in [1.165, 1.54) is 0 Å². The van der Waals surface area contributed by atoms with Gasteiger partial charge in [0.1, 0.15) is 5.78 Å². The van der Waals surface area contributed by atoms with E-state index in [1.54, 1.807) is 0 Å². The molecular formula is C7H12O5. The van der Waals surface area contributed by atoms with Gasteiger partial charge in [-0.2, -0.15) is 0 Å². The van der Waals surface area contributed by atoms with E-state index in [4.69, 9.17) is 19.8 Å². The van der Waals surface area contributed by atoms with Crippen molar-refractivity contribution < 1.29 is 24.6 Å². The third kappa shape index (κ3) is 11.4. The molecule has 0 aliphatic carbocycles. The Bertz CT molecular complexity index is 155. The van der Waals surface area contributed by atoms with Crippen LogP contribution >= 0.6 is 0 Å². The van der Waals surface area contributed by atoms with Crippen molar-refractivity contribution in [1.29, 1.82) is 0 Å². The predicted octanol–water partition coefficient (Wildman–Crippen LogP) is 0.531. The van der Waals surface area contributed by atoms with Crippen LogP contribution in [0.15, 0.2) is 0 Å². The fourth-order valence-electron chi connectivity index (χ4n) is 0.250. The van der Waals surface area contributed by atoms with E-state index in [1.807, 2.05) is 13.8 Å². The molecule has 0 saturated heterocycles. The quantitative estimate of drug-likeness (QED) is 0.599. The first-order valence-corrected chi connectivity index (χ1v) is 3.43. The number of carbonyl (C=O) groups is 3. The minimum absolute atomic E-state index is 0.343. The zero-order valence-electron chi connectivity index (χ0n) is 7.03. The Morgan fingerprint density at radius 1 is 0.917 bits per heavy atom. The van der Waals surface area contributed by atoms with Crippen LogP contribution in [0, 0.1) is 0 Å². The highest BCUT2D eigenvalue weighted by molar-refractivity contribution is 6.27. The number of hydrogen-bond donors (Lipinski definition) is 2. The smallest absolute Gasteiger partial charge is 0.414 e. The Hall–Kier alpha value is -1.39. The van der Waals surface area contributed by atoms with Gasteiger partial charge >= 0.3 is 11.9 Å². The summed E-state index contributed by atoms with van der Waals surface area (Å²) in [4.78, 5) is 28.4. The summed E-state index contributed by atoms with van der Waals surface area (Å²) in [5.41, 5.74) is 0. The van der Waals surface area contributed by atoms with Crippen molar-refractivity contribution in [3.05, 3.63) is 0 Å². The lowest BCUT2D eigenvalue weighted by molar-refractivity contribution is -0.159. The maximum absolute atomic E-state index is 10.2. The molecule has 0 bridgehead atoms. The second kappa shape index (κ2) is 7.71. The Morgan fingerprint density at radius 3 is 1.17 bits per heavy atom. The van der Waals surface area contributed by atoms with E-state index >= 15 is 0 Å². The van der Waals surface area contributed by atoms with E-state index in [-0.39, 0.29) is 0 Å². The fourth-order valence-corrected chi connectivity index (χ4v) is 0.250. The normalized spacial score (nSPS) is 7.83. The van der Waals surface area contributed by atoms with Crippen molar-refractivity contribution in [1.82, 2.24) is 0 Å². The van der Waals surface area contributed by atoms with Gasteiger partial charge in [0.25, 0.3) is 0 Å². The van der Waals surface area contributed by atoms with Crippen LogP contribution in [0.4, 0.5) is 0 Å². The summed E-state index contributed by atoms with van der Waals surface area (Å²) in [7, 11) is 0. The zero-order valence-corrected chi connectivity index (χ0v) is 7.03. The van der Waals surface area contributed by atoms with Gasteiger partial charge in [0.05, 0.1) is 0 Å². The monoisotopic (exact) mass is 176 g/mol. The predicted molar refractivity (Wildman–Crippen MR) is 40.9 cm³/mol. The highest BCUT2D eigenvalue weighted by atomic mass is 16.4. The third-order valence-electron chi connectivity index (χ3n) is 0.972. The summed E-state index contributed by atoms with van der Waals surface area (Å²) in [5.74, 6) is -3.31. The first-order valence-electron chi connectivity index (χ1n) is 3.43. The van der Waals surface area contributed by atoms with Gasteiger partial charge in [0, 0.05) is 12.8 Å². The van der Waals surface area contributed by atoms with Gasteiger partial charge in [-0.3, -0.25) is 4.79 Å². The first-order chi connectivity index (χ1) is 5.45. The maximum atomic E-state index is 10.2. The minimum Gasteiger partial charge on any atom is -0.473 e. The van der Waals surface area contributed by atoms with Gasteiger partial charge in [0.15, 0.2) is 0 Å². The molecule has 0 fully saturated rings. The number of aliphatic carboxylic acids is 2. The molecule has 70 valence electrons. The first kappa shape index (κ1) is 13.2. The van der Waals surface area contributed by atoms with Crippen molar-refractivity contribution in [2.75, 3.05) is 0 Å². The number of carboxylic acids is 2. The SMILES string of the molecule is CCC(=O)CC.O=C(O)C(=O)O. The molecule has 0 aliphatic rings. The summed E-state index contributed by atoms with van der Waals surface area (Å²) in [6.45, 7) is 3.76. The van der Waals surface area contributed by atoms with Crippen molar-refractivity contribution >= 4 is 17.7 Å². The lowest BCUT2D eigenvalue weighted by Crippen LogP contribution is -2.09. The molecule has 0 amide bonds. The molecule has 0 atom stereocenters. The second-order valence-electron chi connectivity index (χ2n) is 1.86. The molecule has 0 heterocycles. The van der Waals surface area contributed by atoms with E-state index in [9.17, 15) is 4.79 Å². The minimum atomic E-state index is -1.82. The van der Waals surface area contributed by atoms with Gasteiger partial charge in [-0.15, -0.1) is 0 Å². The van der Waals surface area contributed by atoms with Crippen LogP contribution in [0.2, 0.25) is 0 Å². The topological polar surface area (TPSA) is 91.7 Å². The maximum Gasteiger partial charge on any atom is 0.414 e. The molecule has 0 spiro atoms. The molecule has 0 unspecified atom stereocenters. The fraction of sp³-hybridized carbons (Fsp3) is 0.571. The standard InChI is InChI=1S/C5H10O.C2H2O4/c1-3-5(6)4-2;3-1(4)2(5)6/h3-4H2,1-2H3;(H,3,4)(H,5,6). The van der Waals surface area contributed by atoms with Gasteiger partial charge in [-0.1, -0.05) is 13.8 Å². The van der Waals surface area contributed by atoms with Gasteiger partial charge in [-0.05, 0) is 0 Å². The molecule has 2 N–H and O–H groups in total. The summed E-state index contributed by atoms with van der Waals surface area (Å²) >= 11 is 0. The molecule has 5 nitrogen and oxygen atoms in total. The lowest BCUT2D eigenvalue weighted by atomic mass is 10.3. The Balaban J connectivity index is 0. The van der Waals surface area contributed by atoms with Crippen molar-refractivity contribution in [3.8, 4) is 0 Å². The summed E-state index contributed by atoms with van der Waals surface area (Å²) in [6.07, 6.45) is 1.38. The molecular weight excluding hydrogens is 164 g/mol. The molecule has 0 radical (unpaired) electrons. The van der Waals surface area contributed by atoms with Crippen LogP contribution in [-0.4, -0.2) is 27.9 Å². The number of hydrogen-bond acceptors (Lipinski definition) is 3. The molecule has 12 heavy (non-hydrogen) atoms. The molecule has 5 heteroatoms. The molecule has 0 aromatic rings. The molecule has 0 aliphatic heterocycles. The van der Waals surface area contributed by atoms with Crippen LogP contribution in [0.3, 0.4) is 0 Å². The Morgan fingerprint density at radius 2 is 1.17 bits per heavy atom. The summed E-state index contributed by atoms with van der Waals surface area (Å²) in [5, 5.41) is 14.8. The second-order valence-corrected chi connectivity index (χ2v) is 1.86. The van der Waals surface area contributed by atoms with Gasteiger partial charge in [-0.25, -0.2) is 9.59 Å². The van der Waals surface area contributed by atoms with Crippen LogP contribution in [0.25, 0.3) is 0 Å². The summed E-state index contributed by atoms with van der Waals surface area (Å²) in [6, 6.07) is 0. The highest BCUT2D eigenvalue weighted by Crippen LogP contribution is 1.83. The van der Waals surface area contributed by atoms with Crippen molar-refractivity contribution in [2.24, 2.45) is 0 Å². The number of ketones is 1. The largest absolute Gasteiger partial charge is 0.473 e. The van der Waals surface area contributed by atoms with Crippen LogP contribution in [0.5, 0.6) is 0 Å². The third-order valence-corrected chi connectivity index (χ3v) is 0.972. The van der Waals surface area contributed by atoms with Crippen molar-refractivity contribution in [3.63, 3.8) is 0 Å². The summed E-state index contributed by atoms with van der Waals surface area (Å²) < 4.78 is 0. The lowest BCUT2D eigenvalue weighted by Gasteiger charge is -1.81. The number of carboxylic acid groups (broad SMARTS) is 2. The van der Waals surface area contributed by atoms with E-state index in [0.717, 1.165) is 0 Å². The average Bonchev–Trinajstić information content (AvgIpc) is 2.04. The Kier molecular flexibility index (Phi) is 8.50. The molecule has 0 rings (SSSR count). The molecule has 0 aromatic heterocycles. The van der Waals surface area contributed by atoms with E-state index in [0.29, 0.717) is 18.6 Å². The van der Waals surface area contributed by atoms with E-state index in [2.05, 4.69) is 0 Å². The van der Waals surface area contributed by atoms with E-state index < -0.39 is 11.9 Å². The number of carbonyl (C=O) groups excluding carboxylic acids is 1. The highest BCUT2D eigenvalue weighted by Gasteiger charge is 2.04. The molecule has 0 aromatic carbocycles. The number of Topliss-reactive ketones (excluding diaryl/α,β-unsaturated/α-hetero) is 1. The van der Waals surface area contributed by atoms with Crippen molar-refractivity contribution in [2.45, 2.75) is 26.7 Å². The van der Waals surface area contributed by atoms with Gasteiger partial charge < -0.3 is 10.2 Å². The Labute approximate surface area is 70.0 Å². The van der Waals surface area contributed by atoms with Crippen LogP contribution in [0.1, 0.15) is 26.7 Å².